The molecule has 0 aromatic rings. The van der Waals surface area contributed by atoms with Crippen molar-refractivity contribution >= 4 is 5.91 Å². The molecule has 2 aliphatic heterocycles. The molecule has 0 aromatic heterocycles. The maximum absolute atomic E-state index is 11.9. The number of amides is 1. The minimum atomic E-state index is -0.740. The molecular formula is C9H16N2O3. The van der Waals surface area contributed by atoms with Gasteiger partial charge in [0, 0.05) is 26.6 Å². The predicted octanol–water partition coefficient (Wildman–Crippen LogP) is -1.12. The van der Waals surface area contributed by atoms with E-state index in [1.807, 2.05) is 0 Å². The van der Waals surface area contributed by atoms with Crippen LogP contribution in [0.4, 0.5) is 0 Å². The minimum absolute atomic E-state index is 0.0380. The number of hydrogen-bond acceptors (Lipinski definition) is 4. The van der Waals surface area contributed by atoms with E-state index < -0.39 is 5.60 Å². The van der Waals surface area contributed by atoms with Crippen molar-refractivity contribution in [3.8, 4) is 0 Å². The molecule has 2 rings (SSSR count). The van der Waals surface area contributed by atoms with Crippen molar-refractivity contribution in [2.45, 2.75) is 18.1 Å². The number of carbonyl (C=O) groups excluding carboxylic acids is 1. The highest BCUT2D eigenvalue weighted by molar-refractivity contribution is 5.86. The van der Waals surface area contributed by atoms with Crippen LogP contribution in [0.1, 0.15) is 6.42 Å². The first-order valence-corrected chi connectivity index (χ1v) is 4.91. The zero-order valence-corrected chi connectivity index (χ0v) is 8.34. The highest BCUT2D eigenvalue weighted by Crippen LogP contribution is 2.22. The zero-order chi connectivity index (χ0) is 10.0. The van der Waals surface area contributed by atoms with E-state index in [2.05, 4.69) is 10.6 Å². The summed E-state index contributed by atoms with van der Waals surface area (Å²) >= 11 is 0. The van der Waals surface area contributed by atoms with Gasteiger partial charge in [0.25, 0.3) is 5.91 Å². The van der Waals surface area contributed by atoms with E-state index in [1.165, 1.54) is 0 Å². The Bertz CT molecular complexity index is 222. The van der Waals surface area contributed by atoms with Crippen molar-refractivity contribution < 1.29 is 14.3 Å². The lowest BCUT2D eigenvalue weighted by molar-refractivity contribution is -0.144. The van der Waals surface area contributed by atoms with E-state index in [0.29, 0.717) is 19.6 Å². The Labute approximate surface area is 83.1 Å². The molecule has 80 valence electrons. The van der Waals surface area contributed by atoms with Crippen molar-refractivity contribution in [3.05, 3.63) is 0 Å². The molecule has 0 aliphatic carbocycles. The lowest BCUT2D eigenvalue weighted by atomic mass is 10.0. The van der Waals surface area contributed by atoms with Crippen molar-refractivity contribution in [2.75, 3.05) is 33.4 Å². The molecule has 14 heavy (non-hydrogen) atoms. The van der Waals surface area contributed by atoms with Gasteiger partial charge in [0.2, 0.25) is 0 Å². The quantitative estimate of drug-likeness (QED) is 0.606. The lowest BCUT2D eigenvalue weighted by Gasteiger charge is -2.32. The van der Waals surface area contributed by atoms with Crippen LogP contribution in [0.2, 0.25) is 0 Å². The molecule has 2 heterocycles. The second-order valence-corrected chi connectivity index (χ2v) is 3.83. The fourth-order valence-corrected chi connectivity index (χ4v) is 1.69. The van der Waals surface area contributed by atoms with Crippen LogP contribution in [0.3, 0.4) is 0 Å². The normalized spacial score (nSPS) is 32.6. The third kappa shape index (κ3) is 1.63. The van der Waals surface area contributed by atoms with Gasteiger partial charge in [0.1, 0.15) is 0 Å². The molecule has 0 aromatic carbocycles. The van der Waals surface area contributed by atoms with Crippen molar-refractivity contribution in [1.29, 1.82) is 0 Å². The summed E-state index contributed by atoms with van der Waals surface area (Å²) in [4.78, 5) is 11.9. The summed E-state index contributed by atoms with van der Waals surface area (Å²) in [6, 6.07) is 0.259. The van der Waals surface area contributed by atoms with E-state index in [9.17, 15) is 4.79 Å². The van der Waals surface area contributed by atoms with E-state index in [4.69, 9.17) is 9.47 Å². The van der Waals surface area contributed by atoms with Gasteiger partial charge < -0.3 is 20.1 Å². The second-order valence-electron chi connectivity index (χ2n) is 3.83. The SMILES string of the molecule is COC1(C(=O)NC2CNC2)CCOC1. The predicted molar refractivity (Wildman–Crippen MR) is 50.0 cm³/mol. The molecule has 1 amide bonds. The molecule has 2 fully saturated rings. The van der Waals surface area contributed by atoms with Gasteiger partial charge in [0.15, 0.2) is 5.60 Å². The monoisotopic (exact) mass is 200 g/mol. The van der Waals surface area contributed by atoms with E-state index in [-0.39, 0.29) is 11.9 Å². The van der Waals surface area contributed by atoms with Gasteiger partial charge >= 0.3 is 0 Å². The van der Waals surface area contributed by atoms with Crippen LogP contribution in [-0.4, -0.2) is 51.0 Å². The van der Waals surface area contributed by atoms with Gasteiger partial charge in [-0.05, 0) is 0 Å². The average Bonchev–Trinajstić information content (AvgIpc) is 2.60. The largest absolute Gasteiger partial charge is 0.378 e. The summed E-state index contributed by atoms with van der Waals surface area (Å²) in [6.07, 6.45) is 0.648. The highest BCUT2D eigenvalue weighted by atomic mass is 16.6. The van der Waals surface area contributed by atoms with Gasteiger partial charge in [-0.1, -0.05) is 0 Å². The van der Waals surface area contributed by atoms with Crippen molar-refractivity contribution in [1.82, 2.24) is 10.6 Å². The molecule has 2 N–H and O–H groups in total. The third-order valence-corrected chi connectivity index (χ3v) is 2.91. The molecular weight excluding hydrogens is 184 g/mol. The number of hydrogen-bond donors (Lipinski definition) is 2. The number of ether oxygens (including phenoxy) is 2. The van der Waals surface area contributed by atoms with Crippen LogP contribution in [0.5, 0.6) is 0 Å². The van der Waals surface area contributed by atoms with Crippen LogP contribution in [0, 0.1) is 0 Å². The molecule has 0 spiro atoms. The molecule has 2 saturated heterocycles. The number of rotatable bonds is 3. The van der Waals surface area contributed by atoms with Gasteiger partial charge in [0.05, 0.1) is 19.3 Å². The van der Waals surface area contributed by atoms with E-state index in [1.54, 1.807) is 7.11 Å². The number of methoxy groups -OCH3 is 1. The first-order chi connectivity index (χ1) is 6.77. The maximum Gasteiger partial charge on any atom is 0.255 e. The molecule has 5 nitrogen and oxygen atoms in total. The Morgan fingerprint density at radius 3 is 2.86 bits per heavy atom. The second kappa shape index (κ2) is 3.84. The molecule has 0 bridgehead atoms. The average molecular weight is 200 g/mol. The summed E-state index contributed by atoms with van der Waals surface area (Å²) < 4.78 is 10.5. The van der Waals surface area contributed by atoms with E-state index in [0.717, 1.165) is 13.1 Å². The first kappa shape index (κ1) is 9.89. The number of carbonyl (C=O) groups is 1. The van der Waals surface area contributed by atoms with Crippen LogP contribution in [0.25, 0.3) is 0 Å². The number of nitrogens with one attached hydrogen (secondary N) is 2. The highest BCUT2D eigenvalue weighted by Gasteiger charge is 2.43. The summed E-state index contributed by atoms with van der Waals surface area (Å²) in [6.45, 7) is 2.68. The van der Waals surface area contributed by atoms with Crippen molar-refractivity contribution in [2.24, 2.45) is 0 Å². The fraction of sp³-hybridized carbons (Fsp3) is 0.889. The van der Waals surface area contributed by atoms with Crippen LogP contribution < -0.4 is 10.6 Å². The summed E-state index contributed by atoms with van der Waals surface area (Å²) in [5.74, 6) is -0.0380. The fourth-order valence-electron chi connectivity index (χ4n) is 1.69. The Hall–Kier alpha value is -0.650. The zero-order valence-electron chi connectivity index (χ0n) is 8.34. The summed E-state index contributed by atoms with van der Waals surface area (Å²) in [5.41, 5.74) is -0.740. The van der Waals surface area contributed by atoms with Gasteiger partial charge in [-0.15, -0.1) is 0 Å². The third-order valence-electron chi connectivity index (χ3n) is 2.91. The van der Waals surface area contributed by atoms with Crippen LogP contribution in [0.15, 0.2) is 0 Å². The summed E-state index contributed by atoms with van der Waals surface area (Å²) in [5, 5.41) is 6.04. The van der Waals surface area contributed by atoms with Crippen molar-refractivity contribution in [3.63, 3.8) is 0 Å². The Kier molecular flexibility index (Phi) is 2.71. The Morgan fingerprint density at radius 2 is 2.43 bits per heavy atom. The molecule has 0 radical (unpaired) electrons. The van der Waals surface area contributed by atoms with Gasteiger partial charge in [-0.25, -0.2) is 0 Å². The molecule has 1 unspecified atom stereocenters. The Morgan fingerprint density at radius 1 is 1.64 bits per heavy atom. The topological polar surface area (TPSA) is 59.6 Å². The van der Waals surface area contributed by atoms with Gasteiger partial charge in [-0.3, -0.25) is 4.79 Å². The minimum Gasteiger partial charge on any atom is -0.378 e. The van der Waals surface area contributed by atoms with Crippen LogP contribution >= 0.6 is 0 Å². The maximum atomic E-state index is 11.9. The van der Waals surface area contributed by atoms with Crippen LogP contribution in [-0.2, 0) is 14.3 Å². The van der Waals surface area contributed by atoms with Gasteiger partial charge in [-0.2, -0.15) is 0 Å². The first-order valence-electron chi connectivity index (χ1n) is 4.91. The molecule has 1 atom stereocenters. The molecule has 5 heteroatoms. The standard InChI is InChI=1S/C9H16N2O3/c1-13-9(2-3-14-6-9)8(12)11-7-4-10-5-7/h7,10H,2-6H2,1H3,(H,11,12). The molecule has 0 saturated carbocycles. The smallest absolute Gasteiger partial charge is 0.255 e. The van der Waals surface area contributed by atoms with E-state index >= 15 is 0 Å². The lowest BCUT2D eigenvalue weighted by Crippen LogP contribution is -2.61. The molecule has 2 aliphatic rings. The summed E-state index contributed by atoms with van der Waals surface area (Å²) in [7, 11) is 1.56. The Balaban J connectivity index is 1.92.